The van der Waals surface area contributed by atoms with Gasteiger partial charge >= 0.3 is 0 Å². The zero-order valence-electron chi connectivity index (χ0n) is 6.72. The minimum atomic E-state index is 1.13. The van der Waals surface area contributed by atoms with Gasteiger partial charge in [0.1, 0.15) is 0 Å². The average Bonchev–Trinajstić information content (AvgIpc) is 2.14. The van der Waals surface area contributed by atoms with Gasteiger partial charge in [0.15, 0.2) is 0 Å². The quantitative estimate of drug-likeness (QED) is 0.516. The van der Waals surface area contributed by atoms with Crippen molar-refractivity contribution >= 4 is 0 Å². The summed E-state index contributed by atoms with van der Waals surface area (Å²) in [7, 11) is 0. The summed E-state index contributed by atoms with van der Waals surface area (Å²) >= 11 is 0. The van der Waals surface area contributed by atoms with Gasteiger partial charge in [0.2, 0.25) is 0 Å². The van der Waals surface area contributed by atoms with E-state index in [1.807, 2.05) is 0 Å². The van der Waals surface area contributed by atoms with Crippen LogP contribution in [0.3, 0.4) is 0 Å². The second-order valence-electron chi connectivity index (χ2n) is 2.69. The zero-order chi connectivity index (χ0) is 7.40. The van der Waals surface area contributed by atoms with Crippen LogP contribution in [0.1, 0.15) is 26.7 Å². The fourth-order valence-corrected chi connectivity index (χ4v) is 1.03. The predicted molar refractivity (Wildman–Crippen MR) is 45.9 cm³/mol. The summed E-state index contributed by atoms with van der Waals surface area (Å²) in [4.78, 5) is 0. The second kappa shape index (κ2) is 3.40. The molecule has 0 aliphatic heterocycles. The summed E-state index contributed by atoms with van der Waals surface area (Å²) < 4.78 is 0. The maximum absolute atomic E-state index is 2.28. The molecule has 0 nitrogen and oxygen atoms in total. The first-order valence-corrected chi connectivity index (χ1v) is 3.86. The molecule has 0 N–H and O–H groups in total. The van der Waals surface area contributed by atoms with Crippen molar-refractivity contribution in [1.29, 1.82) is 0 Å². The Kier molecular flexibility index (Phi) is 2.49. The molecule has 0 aromatic rings. The Hall–Kier alpha value is -0.780. The van der Waals surface area contributed by atoms with Crippen molar-refractivity contribution in [3.8, 4) is 0 Å². The van der Waals surface area contributed by atoms with Crippen molar-refractivity contribution in [2.24, 2.45) is 0 Å². The van der Waals surface area contributed by atoms with Crippen LogP contribution in [0, 0.1) is 0 Å². The van der Waals surface area contributed by atoms with E-state index < -0.39 is 0 Å². The summed E-state index contributed by atoms with van der Waals surface area (Å²) in [6.45, 7) is 4.34. The Labute approximate surface area is 62.9 Å². The number of rotatable bonds is 1. The molecule has 0 fully saturated rings. The first-order chi connectivity index (χ1) is 4.83. The van der Waals surface area contributed by atoms with Crippen LogP contribution in [0.2, 0.25) is 0 Å². The van der Waals surface area contributed by atoms with E-state index in [0.717, 1.165) is 6.42 Å². The highest BCUT2D eigenvalue weighted by molar-refractivity contribution is 5.28. The van der Waals surface area contributed by atoms with Crippen LogP contribution in [0.25, 0.3) is 0 Å². The molecule has 0 unspecified atom stereocenters. The average molecular weight is 134 g/mol. The van der Waals surface area contributed by atoms with E-state index in [1.165, 1.54) is 17.6 Å². The molecule has 10 heavy (non-hydrogen) atoms. The third-order valence-electron chi connectivity index (χ3n) is 1.83. The van der Waals surface area contributed by atoms with Crippen molar-refractivity contribution < 1.29 is 0 Å². The molecule has 0 saturated heterocycles. The third-order valence-corrected chi connectivity index (χ3v) is 1.83. The fraction of sp³-hybridized carbons (Fsp3) is 0.400. The largest absolute Gasteiger partial charge is 0.0775 e. The molecule has 0 atom stereocenters. The maximum Gasteiger partial charge on any atom is -0.0130 e. The Bertz CT molecular complexity index is 189. The summed E-state index contributed by atoms with van der Waals surface area (Å²) in [6, 6.07) is 0. The van der Waals surface area contributed by atoms with E-state index in [-0.39, 0.29) is 0 Å². The highest BCUT2D eigenvalue weighted by atomic mass is 14.0. The molecule has 54 valence electrons. The minimum Gasteiger partial charge on any atom is -0.0775 e. The fourth-order valence-electron chi connectivity index (χ4n) is 1.03. The van der Waals surface area contributed by atoms with Gasteiger partial charge < -0.3 is 0 Å². The van der Waals surface area contributed by atoms with Crippen LogP contribution in [0.4, 0.5) is 0 Å². The highest BCUT2D eigenvalue weighted by Gasteiger charge is 1.92. The molecular weight excluding hydrogens is 120 g/mol. The van der Waals surface area contributed by atoms with Gasteiger partial charge in [-0.15, -0.1) is 0 Å². The molecule has 1 rings (SSSR count). The zero-order valence-corrected chi connectivity index (χ0v) is 6.72. The number of hydrogen-bond acceptors (Lipinski definition) is 0. The molecule has 0 spiro atoms. The summed E-state index contributed by atoms with van der Waals surface area (Å²) in [5, 5.41) is 0. The summed E-state index contributed by atoms with van der Waals surface area (Å²) in [5.41, 5.74) is 2.90. The van der Waals surface area contributed by atoms with Gasteiger partial charge in [0.05, 0.1) is 0 Å². The molecule has 0 radical (unpaired) electrons. The van der Waals surface area contributed by atoms with Crippen LogP contribution in [-0.2, 0) is 0 Å². The lowest BCUT2D eigenvalue weighted by Crippen LogP contribution is -1.75. The van der Waals surface area contributed by atoms with Gasteiger partial charge in [-0.25, -0.2) is 0 Å². The lowest BCUT2D eigenvalue weighted by molar-refractivity contribution is 1.03. The summed E-state index contributed by atoms with van der Waals surface area (Å²) in [6.07, 6.45) is 11.1. The smallest absolute Gasteiger partial charge is 0.0130 e. The molecular formula is C10H14. The van der Waals surface area contributed by atoms with Crippen molar-refractivity contribution in [3.63, 3.8) is 0 Å². The second-order valence-corrected chi connectivity index (χ2v) is 2.69. The molecule has 0 heterocycles. The molecule has 0 heteroatoms. The molecule has 0 saturated carbocycles. The number of hydrogen-bond donors (Lipinski definition) is 0. The third kappa shape index (κ3) is 1.87. The van der Waals surface area contributed by atoms with Crippen LogP contribution in [-0.4, -0.2) is 0 Å². The van der Waals surface area contributed by atoms with E-state index in [1.54, 1.807) is 0 Å². The van der Waals surface area contributed by atoms with Gasteiger partial charge in [0.25, 0.3) is 0 Å². The van der Waals surface area contributed by atoms with Crippen molar-refractivity contribution in [2.75, 3.05) is 0 Å². The van der Waals surface area contributed by atoms with E-state index >= 15 is 0 Å². The molecule has 1 aliphatic carbocycles. The molecule has 0 amide bonds. The van der Waals surface area contributed by atoms with Gasteiger partial charge in [-0.2, -0.15) is 0 Å². The Balaban J connectivity index is 2.69. The lowest BCUT2D eigenvalue weighted by atomic mass is 10.1. The predicted octanol–water partition coefficient (Wildman–Crippen LogP) is 3.23. The topological polar surface area (TPSA) is 0 Å². The van der Waals surface area contributed by atoms with Gasteiger partial charge in [-0.3, -0.25) is 0 Å². The minimum absolute atomic E-state index is 1.13. The highest BCUT2D eigenvalue weighted by Crippen LogP contribution is 2.13. The first-order valence-electron chi connectivity index (χ1n) is 3.86. The monoisotopic (exact) mass is 134 g/mol. The van der Waals surface area contributed by atoms with E-state index in [4.69, 9.17) is 0 Å². The van der Waals surface area contributed by atoms with Crippen molar-refractivity contribution in [1.82, 2.24) is 0 Å². The van der Waals surface area contributed by atoms with E-state index in [0.29, 0.717) is 0 Å². The van der Waals surface area contributed by atoms with Gasteiger partial charge in [-0.05, 0) is 19.8 Å². The molecule has 1 aliphatic rings. The molecule has 0 aromatic heterocycles. The van der Waals surface area contributed by atoms with E-state index in [2.05, 4.69) is 38.2 Å². The van der Waals surface area contributed by atoms with E-state index in [9.17, 15) is 0 Å². The van der Waals surface area contributed by atoms with Crippen LogP contribution >= 0.6 is 0 Å². The van der Waals surface area contributed by atoms with Gasteiger partial charge in [-0.1, -0.05) is 42.4 Å². The normalized spacial score (nSPS) is 17.8. The van der Waals surface area contributed by atoms with Crippen molar-refractivity contribution in [2.45, 2.75) is 26.7 Å². The van der Waals surface area contributed by atoms with Crippen LogP contribution in [0.5, 0.6) is 0 Å². The van der Waals surface area contributed by atoms with Crippen LogP contribution < -0.4 is 0 Å². The standard InChI is InChI=1S/C10H14/c1-3-10-6-4-5-9(2)7-8-10/h4-7H,3,8H2,1-2H3. The number of allylic oxidation sites excluding steroid dienone is 6. The first kappa shape index (κ1) is 7.33. The van der Waals surface area contributed by atoms with Crippen molar-refractivity contribution in [3.05, 3.63) is 35.5 Å². The summed E-state index contributed by atoms with van der Waals surface area (Å²) in [5.74, 6) is 0. The Morgan fingerprint density at radius 2 is 2.30 bits per heavy atom. The van der Waals surface area contributed by atoms with Gasteiger partial charge in [0, 0.05) is 0 Å². The Morgan fingerprint density at radius 3 is 3.00 bits per heavy atom. The molecule has 0 bridgehead atoms. The molecule has 0 aromatic carbocycles. The van der Waals surface area contributed by atoms with Crippen LogP contribution in [0.15, 0.2) is 35.5 Å². The Morgan fingerprint density at radius 1 is 1.50 bits per heavy atom. The lowest BCUT2D eigenvalue weighted by Gasteiger charge is -1.95. The maximum atomic E-state index is 2.28. The SMILES string of the molecule is CCC1=CC=CC(C)=CC1.